The predicted octanol–water partition coefficient (Wildman–Crippen LogP) is 2.96. The standard InChI is InChI=1S/C15H24BrNO3/c1-15(2,3)14(18)9-17-8-10-6-12(19-4)13(20-5)7-11(10)16/h6-7,14,17-18H,8-9H2,1-5H3. The van der Waals surface area contributed by atoms with E-state index in [9.17, 15) is 5.11 Å². The van der Waals surface area contributed by atoms with E-state index in [1.807, 2.05) is 32.9 Å². The molecule has 2 N–H and O–H groups in total. The van der Waals surface area contributed by atoms with Gasteiger partial charge in [-0.1, -0.05) is 36.7 Å². The zero-order valence-electron chi connectivity index (χ0n) is 12.8. The van der Waals surface area contributed by atoms with Crippen molar-refractivity contribution < 1.29 is 14.6 Å². The van der Waals surface area contributed by atoms with Crippen LogP contribution in [0, 0.1) is 5.41 Å². The van der Waals surface area contributed by atoms with Gasteiger partial charge in [0.25, 0.3) is 0 Å². The van der Waals surface area contributed by atoms with Crippen molar-refractivity contribution in [2.75, 3.05) is 20.8 Å². The molecule has 0 heterocycles. The van der Waals surface area contributed by atoms with Gasteiger partial charge in [-0.05, 0) is 23.1 Å². The van der Waals surface area contributed by atoms with Crippen molar-refractivity contribution in [2.24, 2.45) is 5.41 Å². The Morgan fingerprint density at radius 2 is 1.75 bits per heavy atom. The summed E-state index contributed by atoms with van der Waals surface area (Å²) in [7, 11) is 3.23. The van der Waals surface area contributed by atoms with Gasteiger partial charge in [-0.25, -0.2) is 0 Å². The minimum atomic E-state index is -0.388. The fourth-order valence-electron chi connectivity index (χ4n) is 1.68. The summed E-state index contributed by atoms with van der Waals surface area (Å²) in [6, 6.07) is 3.81. The summed E-state index contributed by atoms with van der Waals surface area (Å²) in [5, 5.41) is 13.3. The Bertz CT molecular complexity index is 443. The molecule has 114 valence electrons. The first kappa shape index (κ1) is 17.3. The third-order valence-corrected chi connectivity index (χ3v) is 3.94. The fourth-order valence-corrected chi connectivity index (χ4v) is 2.14. The summed E-state index contributed by atoms with van der Waals surface area (Å²) < 4.78 is 11.5. The van der Waals surface area contributed by atoms with E-state index in [4.69, 9.17) is 9.47 Å². The molecule has 0 aliphatic carbocycles. The first-order valence-corrected chi connectivity index (χ1v) is 7.38. The number of hydrogen-bond donors (Lipinski definition) is 2. The molecule has 1 rings (SSSR count). The van der Waals surface area contributed by atoms with Gasteiger partial charge < -0.3 is 19.9 Å². The minimum absolute atomic E-state index is 0.123. The topological polar surface area (TPSA) is 50.7 Å². The lowest BCUT2D eigenvalue weighted by atomic mass is 9.89. The summed E-state index contributed by atoms with van der Waals surface area (Å²) >= 11 is 3.52. The van der Waals surface area contributed by atoms with Crippen LogP contribution in [0.5, 0.6) is 11.5 Å². The van der Waals surface area contributed by atoms with Crippen LogP contribution in [0.3, 0.4) is 0 Å². The highest BCUT2D eigenvalue weighted by Gasteiger charge is 2.21. The maximum atomic E-state index is 10.00. The van der Waals surface area contributed by atoms with E-state index in [0.717, 1.165) is 10.0 Å². The van der Waals surface area contributed by atoms with Crippen LogP contribution in [-0.4, -0.2) is 32.0 Å². The Labute approximate surface area is 129 Å². The van der Waals surface area contributed by atoms with E-state index >= 15 is 0 Å². The number of methoxy groups -OCH3 is 2. The Morgan fingerprint density at radius 1 is 1.20 bits per heavy atom. The van der Waals surface area contributed by atoms with Crippen LogP contribution in [0.15, 0.2) is 16.6 Å². The van der Waals surface area contributed by atoms with Crippen molar-refractivity contribution >= 4 is 15.9 Å². The molecule has 1 atom stereocenters. The third kappa shape index (κ3) is 4.65. The van der Waals surface area contributed by atoms with Gasteiger partial charge in [0.05, 0.1) is 20.3 Å². The van der Waals surface area contributed by atoms with Crippen LogP contribution in [-0.2, 0) is 6.54 Å². The highest BCUT2D eigenvalue weighted by Crippen LogP contribution is 2.33. The molecule has 20 heavy (non-hydrogen) atoms. The van der Waals surface area contributed by atoms with Gasteiger partial charge in [-0.2, -0.15) is 0 Å². The second kappa shape index (κ2) is 7.29. The Morgan fingerprint density at radius 3 is 2.25 bits per heavy atom. The van der Waals surface area contributed by atoms with E-state index in [1.54, 1.807) is 14.2 Å². The van der Waals surface area contributed by atoms with E-state index in [1.165, 1.54) is 0 Å². The Balaban J connectivity index is 2.69. The Hall–Kier alpha value is -0.780. The van der Waals surface area contributed by atoms with Crippen LogP contribution >= 0.6 is 15.9 Å². The number of aliphatic hydroxyl groups excluding tert-OH is 1. The lowest BCUT2D eigenvalue weighted by Gasteiger charge is -2.26. The maximum absolute atomic E-state index is 10.00. The molecular weight excluding hydrogens is 322 g/mol. The fraction of sp³-hybridized carbons (Fsp3) is 0.600. The van der Waals surface area contributed by atoms with Crippen molar-refractivity contribution in [1.82, 2.24) is 5.32 Å². The molecule has 1 aromatic rings. The average Bonchev–Trinajstić information content (AvgIpc) is 2.38. The molecule has 0 aromatic heterocycles. The molecule has 0 aliphatic rings. The van der Waals surface area contributed by atoms with E-state index in [-0.39, 0.29) is 11.5 Å². The number of hydrogen-bond acceptors (Lipinski definition) is 4. The van der Waals surface area contributed by atoms with Gasteiger partial charge in [-0.15, -0.1) is 0 Å². The van der Waals surface area contributed by atoms with Crippen molar-refractivity contribution in [3.05, 3.63) is 22.2 Å². The van der Waals surface area contributed by atoms with Gasteiger partial charge in [0.2, 0.25) is 0 Å². The summed E-state index contributed by atoms with van der Waals surface area (Å²) in [5.74, 6) is 1.39. The largest absolute Gasteiger partial charge is 0.493 e. The van der Waals surface area contributed by atoms with E-state index in [0.29, 0.717) is 24.6 Å². The molecule has 5 heteroatoms. The van der Waals surface area contributed by atoms with E-state index in [2.05, 4.69) is 21.2 Å². The van der Waals surface area contributed by atoms with Crippen LogP contribution in [0.25, 0.3) is 0 Å². The van der Waals surface area contributed by atoms with Crippen LogP contribution in [0.2, 0.25) is 0 Å². The second-order valence-corrected chi connectivity index (χ2v) is 6.67. The predicted molar refractivity (Wildman–Crippen MR) is 84.4 cm³/mol. The molecule has 0 fully saturated rings. The molecule has 0 aliphatic heterocycles. The summed E-state index contributed by atoms with van der Waals surface area (Å²) in [6.45, 7) is 7.25. The van der Waals surface area contributed by atoms with Crippen molar-refractivity contribution in [3.8, 4) is 11.5 Å². The van der Waals surface area contributed by atoms with Crippen LogP contribution in [0.4, 0.5) is 0 Å². The summed E-state index contributed by atoms with van der Waals surface area (Å²) in [5.41, 5.74) is 0.936. The smallest absolute Gasteiger partial charge is 0.161 e. The van der Waals surface area contributed by atoms with Crippen molar-refractivity contribution in [1.29, 1.82) is 0 Å². The maximum Gasteiger partial charge on any atom is 0.161 e. The van der Waals surface area contributed by atoms with Gasteiger partial charge in [-0.3, -0.25) is 0 Å². The monoisotopic (exact) mass is 345 g/mol. The summed E-state index contributed by atoms with van der Waals surface area (Å²) in [4.78, 5) is 0. The lowest BCUT2D eigenvalue weighted by molar-refractivity contribution is 0.0627. The quantitative estimate of drug-likeness (QED) is 0.832. The molecular formula is C15H24BrNO3. The number of benzene rings is 1. The molecule has 1 unspecified atom stereocenters. The van der Waals surface area contributed by atoms with Crippen molar-refractivity contribution in [2.45, 2.75) is 33.4 Å². The zero-order valence-corrected chi connectivity index (χ0v) is 14.4. The number of halogens is 1. The first-order chi connectivity index (χ1) is 9.29. The Kier molecular flexibility index (Phi) is 6.30. The lowest BCUT2D eigenvalue weighted by Crippen LogP contribution is -2.36. The number of ether oxygens (including phenoxy) is 2. The highest BCUT2D eigenvalue weighted by molar-refractivity contribution is 9.10. The van der Waals surface area contributed by atoms with Crippen LogP contribution < -0.4 is 14.8 Å². The average molecular weight is 346 g/mol. The van der Waals surface area contributed by atoms with Gasteiger partial charge in [0.1, 0.15) is 0 Å². The SMILES string of the molecule is COc1cc(Br)c(CNCC(O)C(C)(C)C)cc1OC. The molecule has 1 aromatic carbocycles. The molecule has 0 bridgehead atoms. The van der Waals surface area contributed by atoms with E-state index < -0.39 is 0 Å². The number of nitrogens with one attached hydrogen (secondary N) is 1. The molecule has 0 amide bonds. The molecule has 0 saturated carbocycles. The zero-order chi connectivity index (χ0) is 15.3. The van der Waals surface area contributed by atoms with Gasteiger partial charge >= 0.3 is 0 Å². The summed E-state index contributed by atoms with van der Waals surface area (Å²) in [6.07, 6.45) is -0.388. The molecule has 0 spiro atoms. The number of rotatable bonds is 6. The van der Waals surface area contributed by atoms with Gasteiger partial charge in [0.15, 0.2) is 11.5 Å². The van der Waals surface area contributed by atoms with Crippen LogP contribution in [0.1, 0.15) is 26.3 Å². The molecule has 4 nitrogen and oxygen atoms in total. The van der Waals surface area contributed by atoms with Crippen molar-refractivity contribution in [3.63, 3.8) is 0 Å². The first-order valence-electron chi connectivity index (χ1n) is 6.58. The molecule has 0 radical (unpaired) electrons. The van der Waals surface area contributed by atoms with Gasteiger partial charge in [0, 0.05) is 17.6 Å². The third-order valence-electron chi connectivity index (χ3n) is 3.21. The highest BCUT2D eigenvalue weighted by atomic mass is 79.9. The second-order valence-electron chi connectivity index (χ2n) is 5.81. The normalized spacial score (nSPS) is 13.2. The number of aliphatic hydroxyl groups is 1. The minimum Gasteiger partial charge on any atom is -0.493 e. The molecule has 0 saturated heterocycles.